The Morgan fingerprint density at radius 1 is 1.04 bits per heavy atom. The number of benzene rings is 1. The number of rotatable bonds is 4. The van der Waals surface area contributed by atoms with Crippen LogP contribution in [0.2, 0.25) is 0 Å². The van der Waals surface area contributed by atoms with Crippen LogP contribution in [0.15, 0.2) is 24.3 Å². The lowest BCUT2D eigenvalue weighted by atomic mass is 9.70. The van der Waals surface area contributed by atoms with Crippen molar-refractivity contribution < 1.29 is 14.6 Å². The lowest BCUT2D eigenvalue weighted by molar-refractivity contribution is -0.0583. The third-order valence-corrected chi connectivity index (χ3v) is 6.28. The summed E-state index contributed by atoms with van der Waals surface area (Å²) < 4.78 is 5.46. The predicted molar refractivity (Wildman–Crippen MR) is 95.6 cm³/mol. The van der Waals surface area contributed by atoms with Crippen LogP contribution in [0, 0.1) is 0 Å². The number of hydrogen-bond donors (Lipinski definition) is 1. The van der Waals surface area contributed by atoms with Crippen molar-refractivity contribution in [3.05, 3.63) is 35.4 Å². The first kappa shape index (κ1) is 17.3. The first-order valence-corrected chi connectivity index (χ1v) is 9.66. The van der Waals surface area contributed by atoms with Gasteiger partial charge in [-0.15, -0.1) is 0 Å². The lowest BCUT2D eigenvalue weighted by Crippen LogP contribution is -2.42. The normalized spacial score (nSPS) is 28.5. The maximum atomic E-state index is 11.2. The molecule has 1 aromatic rings. The van der Waals surface area contributed by atoms with E-state index in [1.165, 1.54) is 43.2 Å². The molecule has 0 aliphatic heterocycles. The van der Waals surface area contributed by atoms with E-state index in [1.807, 2.05) is 0 Å². The van der Waals surface area contributed by atoms with Gasteiger partial charge in [0.05, 0.1) is 0 Å². The van der Waals surface area contributed by atoms with Crippen LogP contribution in [0.3, 0.4) is 0 Å². The minimum Gasteiger partial charge on any atom is -0.450 e. The highest BCUT2D eigenvalue weighted by molar-refractivity contribution is 5.58. The quantitative estimate of drug-likeness (QED) is 0.665. The molecule has 0 radical (unpaired) electrons. The zero-order valence-electron chi connectivity index (χ0n) is 14.8. The molecular weight excluding hydrogens is 300 g/mol. The summed E-state index contributed by atoms with van der Waals surface area (Å²) in [6, 6.07) is 9.02. The molecule has 2 unspecified atom stereocenters. The van der Waals surface area contributed by atoms with E-state index in [0.717, 1.165) is 32.1 Å². The van der Waals surface area contributed by atoms with Crippen LogP contribution < -0.4 is 0 Å². The van der Waals surface area contributed by atoms with Crippen LogP contribution in [-0.4, -0.2) is 16.9 Å². The van der Waals surface area contributed by atoms with Gasteiger partial charge in [0.2, 0.25) is 0 Å². The van der Waals surface area contributed by atoms with Crippen molar-refractivity contribution in [2.75, 3.05) is 0 Å². The Labute approximate surface area is 145 Å². The number of ether oxygens (including phenoxy) is 1. The first-order chi connectivity index (χ1) is 11.6. The molecule has 1 aromatic carbocycles. The first-order valence-electron chi connectivity index (χ1n) is 9.66. The fourth-order valence-electron chi connectivity index (χ4n) is 4.91. The van der Waals surface area contributed by atoms with Crippen molar-refractivity contribution in [1.82, 2.24) is 0 Å². The molecule has 2 aliphatic rings. The second kappa shape index (κ2) is 7.58. The third kappa shape index (κ3) is 3.60. The molecule has 0 heterocycles. The van der Waals surface area contributed by atoms with E-state index in [-0.39, 0.29) is 5.92 Å². The standard InChI is InChI=1S/C21H30O3/c1-2-21(24-20(22)23)15-7-6-10-19(21)18-13-11-17(12-14-18)16-8-4-3-5-9-16/h11-14,16,19H,2-10,15H2,1H3,(H,22,23). The van der Waals surface area contributed by atoms with Crippen LogP contribution in [0.1, 0.15) is 94.1 Å². The molecule has 0 saturated heterocycles. The molecule has 3 nitrogen and oxygen atoms in total. The average molecular weight is 330 g/mol. The molecule has 1 N–H and O–H groups in total. The van der Waals surface area contributed by atoms with Gasteiger partial charge in [-0.3, -0.25) is 0 Å². The van der Waals surface area contributed by atoms with Gasteiger partial charge in [-0.2, -0.15) is 0 Å². The van der Waals surface area contributed by atoms with E-state index in [1.54, 1.807) is 0 Å². The summed E-state index contributed by atoms with van der Waals surface area (Å²) in [5.41, 5.74) is 2.16. The van der Waals surface area contributed by atoms with Gasteiger partial charge in [0.1, 0.15) is 5.60 Å². The molecule has 0 spiro atoms. The molecule has 0 bridgehead atoms. The van der Waals surface area contributed by atoms with Gasteiger partial charge in [-0.1, -0.05) is 56.9 Å². The van der Waals surface area contributed by atoms with E-state index >= 15 is 0 Å². The zero-order chi connectivity index (χ0) is 17.0. The molecule has 2 aliphatic carbocycles. The Bertz CT molecular complexity index is 545. The van der Waals surface area contributed by atoms with Crippen molar-refractivity contribution in [2.45, 2.75) is 88.6 Å². The van der Waals surface area contributed by atoms with E-state index in [9.17, 15) is 9.90 Å². The smallest absolute Gasteiger partial charge is 0.450 e. The molecule has 0 aromatic heterocycles. The molecule has 2 atom stereocenters. The molecular formula is C21H30O3. The topological polar surface area (TPSA) is 46.5 Å². The van der Waals surface area contributed by atoms with Crippen LogP contribution in [0.5, 0.6) is 0 Å². The summed E-state index contributed by atoms with van der Waals surface area (Å²) in [6.45, 7) is 2.05. The predicted octanol–water partition coefficient (Wildman–Crippen LogP) is 6.24. The summed E-state index contributed by atoms with van der Waals surface area (Å²) in [6.07, 6.45) is 10.4. The fraction of sp³-hybridized carbons (Fsp3) is 0.667. The Kier molecular flexibility index (Phi) is 5.47. The average Bonchev–Trinajstić information content (AvgIpc) is 2.62. The monoisotopic (exact) mass is 330 g/mol. The van der Waals surface area contributed by atoms with Crippen LogP contribution in [-0.2, 0) is 4.74 Å². The summed E-state index contributed by atoms with van der Waals surface area (Å²) in [5.74, 6) is 0.901. The molecule has 3 heteroatoms. The van der Waals surface area contributed by atoms with E-state index in [4.69, 9.17) is 4.74 Å². The van der Waals surface area contributed by atoms with Gasteiger partial charge < -0.3 is 9.84 Å². The van der Waals surface area contributed by atoms with Crippen molar-refractivity contribution in [3.63, 3.8) is 0 Å². The number of carbonyl (C=O) groups is 1. The van der Waals surface area contributed by atoms with Crippen LogP contribution in [0.4, 0.5) is 4.79 Å². The SMILES string of the molecule is CCC1(OC(=O)O)CCCCC1c1ccc(C2CCCCC2)cc1. The van der Waals surface area contributed by atoms with Crippen molar-refractivity contribution in [3.8, 4) is 0 Å². The Balaban J connectivity index is 1.81. The van der Waals surface area contributed by atoms with E-state index in [0.29, 0.717) is 5.92 Å². The highest BCUT2D eigenvalue weighted by Crippen LogP contribution is 2.46. The molecule has 0 amide bonds. The Morgan fingerprint density at radius 2 is 1.67 bits per heavy atom. The maximum absolute atomic E-state index is 11.2. The molecule has 3 rings (SSSR count). The fourth-order valence-corrected chi connectivity index (χ4v) is 4.91. The van der Waals surface area contributed by atoms with Crippen LogP contribution >= 0.6 is 0 Å². The summed E-state index contributed by atoms with van der Waals surface area (Å²) >= 11 is 0. The van der Waals surface area contributed by atoms with Gasteiger partial charge in [0.25, 0.3) is 0 Å². The summed E-state index contributed by atoms with van der Waals surface area (Å²) in [7, 11) is 0. The molecule has 2 saturated carbocycles. The van der Waals surface area contributed by atoms with E-state index < -0.39 is 11.8 Å². The van der Waals surface area contributed by atoms with Crippen molar-refractivity contribution >= 4 is 6.16 Å². The van der Waals surface area contributed by atoms with Gasteiger partial charge in [-0.25, -0.2) is 4.79 Å². The number of carboxylic acid groups (broad SMARTS) is 1. The second-order valence-electron chi connectivity index (χ2n) is 7.59. The molecule has 24 heavy (non-hydrogen) atoms. The Hall–Kier alpha value is -1.51. The van der Waals surface area contributed by atoms with Gasteiger partial charge in [0.15, 0.2) is 0 Å². The number of hydrogen-bond acceptors (Lipinski definition) is 2. The molecule has 132 valence electrons. The zero-order valence-corrected chi connectivity index (χ0v) is 14.8. The third-order valence-electron chi connectivity index (χ3n) is 6.28. The highest BCUT2D eigenvalue weighted by atomic mass is 16.7. The van der Waals surface area contributed by atoms with Gasteiger partial charge >= 0.3 is 6.16 Å². The van der Waals surface area contributed by atoms with Crippen molar-refractivity contribution in [2.24, 2.45) is 0 Å². The molecule has 2 fully saturated rings. The highest BCUT2D eigenvalue weighted by Gasteiger charge is 2.43. The maximum Gasteiger partial charge on any atom is 0.506 e. The van der Waals surface area contributed by atoms with Crippen LogP contribution in [0.25, 0.3) is 0 Å². The van der Waals surface area contributed by atoms with Gasteiger partial charge in [0, 0.05) is 5.92 Å². The summed E-state index contributed by atoms with van der Waals surface area (Å²) in [5, 5.41) is 9.22. The Morgan fingerprint density at radius 3 is 2.29 bits per heavy atom. The van der Waals surface area contributed by atoms with Crippen molar-refractivity contribution in [1.29, 1.82) is 0 Å². The van der Waals surface area contributed by atoms with Gasteiger partial charge in [-0.05, 0) is 55.6 Å². The second-order valence-corrected chi connectivity index (χ2v) is 7.59. The lowest BCUT2D eigenvalue weighted by Gasteiger charge is -2.42. The minimum absolute atomic E-state index is 0.188. The summed E-state index contributed by atoms with van der Waals surface area (Å²) in [4.78, 5) is 11.2. The van der Waals surface area contributed by atoms with E-state index in [2.05, 4.69) is 31.2 Å². The largest absolute Gasteiger partial charge is 0.506 e. The minimum atomic E-state index is -1.14.